The number of carbonyl (C=O) groups is 1. The highest BCUT2D eigenvalue weighted by Gasteiger charge is 2.23. The van der Waals surface area contributed by atoms with Gasteiger partial charge in [0, 0.05) is 17.7 Å². The van der Waals surface area contributed by atoms with Gasteiger partial charge in [-0.15, -0.1) is 0 Å². The first-order chi connectivity index (χ1) is 10.6. The number of para-hydroxylation sites is 1. The van der Waals surface area contributed by atoms with Crippen LogP contribution in [0.2, 0.25) is 0 Å². The Hall–Kier alpha value is -2.88. The minimum Gasteiger partial charge on any atom is -0.456 e. The van der Waals surface area contributed by atoms with Gasteiger partial charge in [0.1, 0.15) is 11.2 Å². The van der Waals surface area contributed by atoms with E-state index in [9.17, 15) is 4.79 Å². The number of aliphatic imine (C=N–C) groups is 1. The molecule has 0 fully saturated rings. The van der Waals surface area contributed by atoms with Gasteiger partial charge in [-0.1, -0.05) is 24.3 Å². The lowest BCUT2D eigenvalue weighted by Crippen LogP contribution is -2.01. The minimum atomic E-state index is -0.396. The highest BCUT2D eigenvalue weighted by atomic mass is 16.6. The summed E-state index contributed by atoms with van der Waals surface area (Å²) in [6, 6.07) is 13.8. The van der Waals surface area contributed by atoms with Gasteiger partial charge in [-0.3, -0.25) is 0 Å². The molecule has 0 aliphatic carbocycles. The molecule has 0 saturated heterocycles. The van der Waals surface area contributed by atoms with Crippen molar-refractivity contribution in [2.24, 2.45) is 4.99 Å². The van der Waals surface area contributed by atoms with Gasteiger partial charge in [-0.25, -0.2) is 9.79 Å². The predicted octanol–water partition coefficient (Wildman–Crippen LogP) is 4.29. The first kappa shape index (κ1) is 12.8. The fourth-order valence-corrected chi connectivity index (χ4v) is 2.74. The Morgan fingerprint density at radius 1 is 1.05 bits per heavy atom. The summed E-state index contributed by atoms with van der Waals surface area (Å²) in [7, 11) is 0. The van der Waals surface area contributed by atoms with Crippen molar-refractivity contribution in [2.45, 2.75) is 13.8 Å². The number of nitrogens with zero attached hydrogens (tertiary/aromatic N) is 1. The third-order valence-electron chi connectivity index (χ3n) is 3.87. The average molecular weight is 291 g/mol. The van der Waals surface area contributed by atoms with Crippen molar-refractivity contribution in [3.8, 4) is 0 Å². The maximum atomic E-state index is 11.8. The molecule has 0 atom stereocenters. The SMILES string of the molecule is CC1=NC(=C(C)c2ccc3oc4ccccc4c3c2)C(=O)O1. The number of allylic oxidation sites excluding steroid dienone is 1. The van der Waals surface area contributed by atoms with Crippen LogP contribution in [0, 0.1) is 0 Å². The summed E-state index contributed by atoms with van der Waals surface area (Å²) in [6.45, 7) is 3.55. The van der Waals surface area contributed by atoms with E-state index in [1.165, 1.54) is 0 Å². The molecule has 108 valence electrons. The number of rotatable bonds is 1. The number of fused-ring (bicyclic) bond motifs is 3. The first-order valence-electron chi connectivity index (χ1n) is 7.03. The Labute approximate surface area is 126 Å². The lowest BCUT2D eigenvalue weighted by atomic mass is 10.0. The second-order valence-corrected chi connectivity index (χ2v) is 5.30. The van der Waals surface area contributed by atoms with Crippen molar-refractivity contribution >= 4 is 39.4 Å². The Bertz CT molecular complexity index is 992. The Morgan fingerprint density at radius 3 is 2.59 bits per heavy atom. The molecule has 1 aliphatic rings. The minimum absolute atomic E-state index is 0.365. The van der Waals surface area contributed by atoms with Crippen LogP contribution in [0.15, 0.2) is 57.6 Å². The third kappa shape index (κ3) is 1.84. The van der Waals surface area contributed by atoms with E-state index in [0.717, 1.165) is 33.1 Å². The van der Waals surface area contributed by atoms with Crippen LogP contribution in [0.1, 0.15) is 19.4 Å². The molecule has 4 nitrogen and oxygen atoms in total. The van der Waals surface area contributed by atoms with Crippen LogP contribution in [0.4, 0.5) is 0 Å². The molecule has 0 amide bonds. The third-order valence-corrected chi connectivity index (χ3v) is 3.87. The van der Waals surface area contributed by atoms with E-state index < -0.39 is 5.97 Å². The van der Waals surface area contributed by atoms with Crippen LogP contribution in [0.25, 0.3) is 27.5 Å². The summed E-state index contributed by atoms with van der Waals surface area (Å²) < 4.78 is 10.8. The first-order valence-corrected chi connectivity index (χ1v) is 7.03. The van der Waals surface area contributed by atoms with Gasteiger partial charge in [0.25, 0.3) is 0 Å². The molecule has 0 bridgehead atoms. The molecule has 4 heteroatoms. The Morgan fingerprint density at radius 2 is 1.82 bits per heavy atom. The van der Waals surface area contributed by atoms with Crippen molar-refractivity contribution in [3.05, 3.63) is 53.7 Å². The second-order valence-electron chi connectivity index (χ2n) is 5.30. The van der Waals surface area contributed by atoms with E-state index in [-0.39, 0.29) is 0 Å². The summed E-state index contributed by atoms with van der Waals surface area (Å²) in [6.07, 6.45) is 0. The van der Waals surface area contributed by atoms with Crippen LogP contribution in [-0.4, -0.2) is 11.9 Å². The fourth-order valence-electron chi connectivity index (χ4n) is 2.74. The molecule has 1 aliphatic heterocycles. The van der Waals surface area contributed by atoms with E-state index in [2.05, 4.69) is 4.99 Å². The molecule has 0 spiro atoms. The van der Waals surface area contributed by atoms with Crippen LogP contribution in [0.3, 0.4) is 0 Å². The van der Waals surface area contributed by atoms with Crippen molar-refractivity contribution in [2.75, 3.05) is 0 Å². The molecule has 2 heterocycles. The molecular weight excluding hydrogens is 278 g/mol. The number of hydrogen-bond donors (Lipinski definition) is 0. The predicted molar refractivity (Wildman–Crippen MR) is 85.5 cm³/mol. The summed E-state index contributed by atoms with van der Waals surface area (Å²) >= 11 is 0. The summed E-state index contributed by atoms with van der Waals surface area (Å²) in [4.78, 5) is 16.0. The van der Waals surface area contributed by atoms with Crippen molar-refractivity contribution in [1.29, 1.82) is 0 Å². The molecule has 2 aromatic carbocycles. The highest BCUT2D eigenvalue weighted by molar-refractivity contribution is 6.10. The number of furan rings is 1. The van der Waals surface area contributed by atoms with Crippen LogP contribution < -0.4 is 0 Å². The molecule has 0 unspecified atom stereocenters. The smallest absolute Gasteiger partial charge is 0.363 e. The van der Waals surface area contributed by atoms with Crippen molar-refractivity contribution in [1.82, 2.24) is 0 Å². The lowest BCUT2D eigenvalue weighted by molar-refractivity contribution is -0.130. The molecule has 4 rings (SSSR count). The Kier molecular flexibility index (Phi) is 2.66. The van der Waals surface area contributed by atoms with E-state index in [4.69, 9.17) is 9.15 Å². The van der Waals surface area contributed by atoms with Gasteiger partial charge in [-0.05, 0) is 36.3 Å². The molecule has 1 aromatic heterocycles. The maximum Gasteiger partial charge on any atom is 0.363 e. The normalized spacial score (nSPS) is 17.0. The highest BCUT2D eigenvalue weighted by Crippen LogP contribution is 2.32. The lowest BCUT2D eigenvalue weighted by Gasteiger charge is -2.03. The van der Waals surface area contributed by atoms with E-state index in [0.29, 0.717) is 11.6 Å². The van der Waals surface area contributed by atoms with Crippen LogP contribution >= 0.6 is 0 Å². The average Bonchev–Trinajstić information content (AvgIpc) is 3.05. The molecule has 3 aromatic rings. The summed E-state index contributed by atoms with van der Waals surface area (Å²) in [5, 5.41) is 2.09. The van der Waals surface area contributed by atoms with Gasteiger partial charge in [0.15, 0.2) is 11.6 Å². The van der Waals surface area contributed by atoms with E-state index in [1.54, 1.807) is 6.92 Å². The van der Waals surface area contributed by atoms with Gasteiger partial charge in [-0.2, -0.15) is 0 Å². The van der Waals surface area contributed by atoms with Crippen LogP contribution in [-0.2, 0) is 9.53 Å². The molecule has 0 N–H and O–H groups in total. The van der Waals surface area contributed by atoms with Gasteiger partial charge in [0.05, 0.1) is 0 Å². The number of carbonyl (C=O) groups excluding carboxylic acids is 1. The largest absolute Gasteiger partial charge is 0.456 e. The maximum absolute atomic E-state index is 11.8. The number of cyclic esters (lactones) is 1. The summed E-state index contributed by atoms with van der Waals surface area (Å²) in [5.41, 5.74) is 3.79. The molecule has 0 saturated carbocycles. The standard InChI is InChI=1S/C18H13NO3/c1-10(17-18(20)21-11(2)19-17)12-7-8-16-14(9-12)13-5-3-4-6-15(13)22-16/h3-9H,1-2H3. The Balaban J connectivity index is 1.95. The number of benzene rings is 2. The summed E-state index contributed by atoms with van der Waals surface area (Å²) in [5.74, 6) is -0.0127. The van der Waals surface area contributed by atoms with Gasteiger partial charge in [0.2, 0.25) is 0 Å². The zero-order valence-corrected chi connectivity index (χ0v) is 12.2. The fraction of sp³-hybridized carbons (Fsp3) is 0.111. The van der Waals surface area contributed by atoms with Crippen LogP contribution in [0.5, 0.6) is 0 Å². The molecule has 22 heavy (non-hydrogen) atoms. The second kappa shape index (κ2) is 4.56. The van der Waals surface area contributed by atoms with Crippen molar-refractivity contribution < 1.29 is 13.9 Å². The number of esters is 1. The monoisotopic (exact) mass is 291 g/mol. The zero-order valence-electron chi connectivity index (χ0n) is 12.2. The number of hydrogen-bond acceptors (Lipinski definition) is 4. The molecular formula is C18H13NO3. The number of ether oxygens (including phenoxy) is 1. The van der Waals surface area contributed by atoms with E-state index >= 15 is 0 Å². The van der Waals surface area contributed by atoms with Gasteiger partial charge >= 0.3 is 5.97 Å². The zero-order chi connectivity index (χ0) is 15.3. The quantitative estimate of drug-likeness (QED) is 0.496. The topological polar surface area (TPSA) is 51.8 Å². The molecule has 0 radical (unpaired) electrons. The van der Waals surface area contributed by atoms with Gasteiger partial charge < -0.3 is 9.15 Å². The van der Waals surface area contributed by atoms with Crippen molar-refractivity contribution in [3.63, 3.8) is 0 Å². The van der Waals surface area contributed by atoms with E-state index in [1.807, 2.05) is 49.4 Å².